The molecule has 0 fully saturated rings. The first-order valence-electron chi connectivity index (χ1n) is 5.86. The molecular formula is C13H14ClN5O. The maximum absolute atomic E-state index is 11.4. The number of anilines is 1. The quantitative estimate of drug-likeness (QED) is 0.585. The molecule has 0 aliphatic rings. The Morgan fingerprint density at radius 1 is 1.55 bits per heavy atom. The van der Waals surface area contributed by atoms with E-state index in [0.29, 0.717) is 17.9 Å². The molecule has 0 saturated heterocycles. The monoisotopic (exact) mass is 291 g/mol. The summed E-state index contributed by atoms with van der Waals surface area (Å²) in [4.78, 5) is 19.7. The number of nitrogens with two attached hydrogens (primary N) is 1. The number of benzene rings is 1. The van der Waals surface area contributed by atoms with Crippen molar-refractivity contribution < 1.29 is 0 Å². The molecule has 2 rings (SSSR count). The molecule has 7 heteroatoms. The molecule has 1 aromatic carbocycles. The van der Waals surface area contributed by atoms with Crippen molar-refractivity contribution in [3.8, 4) is 0 Å². The number of nitrogens with zero attached hydrogens (tertiary/aromatic N) is 2. The zero-order valence-electron chi connectivity index (χ0n) is 10.9. The molecule has 0 unspecified atom stereocenters. The van der Waals surface area contributed by atoms with Crippen LogP contribution >= 0.6 is 11.6 Å². The van der Waals surface area contributed by atoms with E-state index in [9.17, 15) is 4.79 Å². The molecule has 0 saturated carbocycles. The predicted molar refractivity (Wildman–Crippen MR) is 79.4 cm³/mol. The van der Waals surface area contributed by atoms with Crippen LogP contribution in [0.15, 0.2) is 35.4 Å². The Kier molecular flexibility index (Phi) is 4.05. The van der Waals surface area contributed by atoms with Crippen LogP contribution in [0.3, 0.4) is 0 Å². The van der Waals surface area contributed by atoms with Crippen LogP contribution in [0, 0.1) is 5.41 Å². The van der Waals surface area contributed by atoms with Crippen LogP contribution in [0.4, 0.5) is 5.82 Å². The Hall–Kier alpha value is -2.34. The Morgan fingerprint density at radius 2 is 2.30 bits per heavy atom. The van der Waals surface area contributed by atoms with Crippen LogP contribution in [0.5, 0.6) is 0 Å². The van der Waals surface area contributed by atoms with E-state index >= 15 is 0 Å². The first-order chi connectivity index (χ1) is 9.49. The number of aromatic nitrogens is 2. The third-order valence-corrected chi connectivity index (χ3v) is 3.14. The summed E-state index contributed by atoms with van der Waals surface area (Å²) < 4.78 is 0. The summed E-state index contributed by atoms with van der Waals surface area (Å²) in [5, 5.41) is 7.48. The maximum atomic E-state index is 11.4. The molecular weight excluding hydrogens is 278 g/mol. The van der Waals surface area contributed by atoms with E-state index < -0.39 is 0 Å². The van der Waals surface area contributed by atoms with E-state index in [0.717, 1.165) is 5.56 Å². The van der Waals surface area contributed by atoms with Crippen LogP contribution in [-0.2, 0) is 6.54 Å². The molecule has 1 heterocycles. The van der Waals surface area contributed by atoms with Gasteiger partial charge in [-0.25, -0.2) is 4.98 Å². The van der Waals surface area contributed by atoms with E-state index in [2.05, 4.69) is 9.97 Å². The number of halogens is 1. The van der Waals surface area contributed by atoms with Crippen LogP contribution in [-0.4, -0.2) is 22.9 Å². The smallest absolute Gasteiger partial charge is 0.271 e. The van der Waals surface area contributed by atoms with Crippen molar-refractivity contribution in [2.75, 3.05) is 11.9 Å². The van der Waals surface area contributed by atoms with E-state index in [1.807, 2.05) is 18.2 Å². The molecule has 0 bridgehead atoms. The van der Waals surface area contributed by atoms with Crippen molar-refractivity contribution in [3.63, 3.8) is 0 Å². The second-order valence-electron chi connectivity index (χ2n) is 4.34. The van der Waals surface area contributed by atoms with Gasteiger partial charge in [0.15, 0.2) is 5.82 Å². The maximum Gasteiger partial charge on any atom is 0.271 e. The fourth-order valence-corrected chi connectivity index (χ4v) is 2.07. The van der Waals surface area contributed by atoms with Gasteiger partial charge >= 0.3 is 0 Å². The van der Waals surface area contributed by atoms with E-state index in [4.69, 9.17) is 22.7 Å². The highest BCUT2D eigenvalue weighted by atomic mass is 35.5. The summed E-state index contributed by atoms with van der Waals surface area (Å²) in [6.07, 6.45) is 1.31. The van der Waals surface area contributed by atoms with Gasteiger partial charge in [0.1, 0.15) is 10.9 Å². The molecule has 1 aromatic heterocycles. The molecule has 0 spiro atoms. The van der Waals surface area contributed by atoms with Crippen LogP contribution in [0.1, 0.15) is 11.1 Å². The standard InChI is InChI=1S/C13H14ClN5O/c1-19(12-10(14)13(20)18-7-17-12)6-8-3-2-4-9(5-8)11(15)16/h2-5,7H,6H2,1H3,(H3,15,16)(H,17,18,20). The highest BCUT2D eigenvalue weighted by Crippen LogP contribution is 2.19. The van der Waals surface area contributed by atoms with Gasteiger partial charge in [-0.1, -0.05) is 29.8 Å². The van der Waals surface area contributed by atoms with Crippen molar-refractivity contribution in [2.24, 2.45) is 5.73 Å². The lowest BCUT2D eigenvalue weighted by atomic mass is 10.1. The minimum Gasteiger partial charge on any atom is -0.384 e. The molecule has 4 N–H and O–H groups in total. The van der Waals surface area contributed by atoms with Crippen molar-refractivity contribution in [1.82, 2.24) is 9.97 Å². The molecule has 6 nitrogen and oxygen atoms in total. The number of aromatic amines is 1. The fourth-order valence-electron chi connectivity index (χ4n) is 1.83. The Balaban J connectivity index is 2.25. The largest absolute Gasteiger partial charge is 0.384 e. The van der Waals surface area contributed by atoms with E-state index in [1.54, 1.807) is 18.0 Å². The normalized spacial score (nSPS) is 10.3. The summed E-state index contributed by atoms with van der Waals surface area (Å²) in [6.45, 7) is 0.497. The van der Waals surface area contributed by atoms with E-state index in [1.165, 1.54) is 6.33 Å². The number of H-pyrrole nitrogens is 1. The van der Waals surface area contributed by atoms with E-state index in [-0.39, 0.29) is 16.4 Å². The number of hydrogen-bond acceptors (Lipinski definition) is 4. The number of nitrogen functional groups attached to an aromatic ring is 1. The second-order valence-corrected chi connectivity index (χ2v) is 4.72. The number of rotatable bonds is 4. The van der Waals surface area contributed by atoms with Gasteiger partial charge < -0.3 is 15.6 Å². The van der Waals surface area contributed by atoms with Gasteiger partial charge in [-0.2, -0.15) is 0 Å². The van der Waals surface area contributed by atoms with Crippen molar-refractivity contribution in [2.45, 2.75) is 6.54 Å². The summed E-state index contributed by atoms with van der Waals surface area (Å²) in [6, 6.07) is 7.32. The van der Waals surface area contributed by atoms with Crippen molar-refractivity contribution in [1.29, 1.82) is 5.41 Å². The lowest BCUT2D eigenvalue weighted by molar-refractivity contribution is 0.886. The molecule has 104 valence electrons. The third kappa shape index (κ3) is 2.97. The average Bonchev–Trinajstić information content (AvgIpc) is 2.42. The predicted octanol–water partition coefficient (Wildman–Crippen LogP) is 1.34. The first kappa shape index (κ1) is 14.1. The van der Waals surface area contributed by atoms with Gasteiger partial charge in [0.05, 0.1) is 6.33 Å². The topological polar surface area (TPSA) is 98.9 Å². The Morgan fingerprint density at radius 3 is 3.00 bits per heavy atom. The number of hydrogen-bond donors (Lipinski definition) is 3. The van der Waals surface area contributed by atoms with Crippen molar-refractivity contribution in [3.05, 3.63) is 57.1 Å². The molecule has 0 aliphatic heterocycles. The van der Waals surface area contributed by atoms with Gasteiger partial charge in [0.25, 0.3) is 5.56 Å². The zero-order valence-corrected chi connectivity index (χ0v) is 11.6. The SMILES string of the molecule is CN(Cc1cccc(C(=N)N)c1)c1nc[nH]c(=O)c1Cl. The minimum atomic E-state index is -0.374. The fraction of sp³-hybridized carbons (Fsp3) is 0.154. The average molecular weight is 292 g/mol. The van der Waals surface area contributed by atoms with Crippen LogP contribution in [0.25, 0.3) is 0 Å². The van der Waals surface area contributed by atoms with Crippen LogP contribution < -0.4 is 16.2 Å². The lowest BCUT2D eigenvalue weighted by Crippen LogP contribution is -2.22. The number of amidine groups is 1. The number of nitrogens with one attached hydrogen (secondary N) is 2. The lowest BCUT2D eigenvalue weighted by Gasteiger charge is -2.19. The highest BCUT2D eigenvalue weighted by Gasteiger charge is 2.11. The minimum absolute atomic E-state index is 0.0156. The first-order valence-corrected chi connectivity index (χ1v) is 6.24. The summed E-state index contributed by atoms with van der Waals surface area (Å²) in [7, 11) is 1.79. The third-order valence-electron chi connectivity index (χ3n) is 2.80. The summed E-state index contributed by atoms with van der Waals surface area (Å²) in [5.41, 5.74) is 6.68. The molecule has 0 radical (unpaired) electrons. The summed E-state index contributed by atoms with van der Waals surface area (Å²) in [5.74, 6) is 0.422. The van der Waals surface area contributed by atoms with Crippen LogP contribution in [0.2, 0.25) is 5.02 Å². The second kappa shape index (κ2) is 5.75. The molecule has 0 aliphatic carbocycles. The van der Waals surface area contributed by atoms with Crippen molar-refractivity contribution >= 4 is 23.3 Å². The van der Waals surface area contributed by atoms with Gasteiger partial charge in [-0.15, -0.1) is 0 Å². The summed E-state index contributed by atoms with van der Waals surface area (Å²) >= 11 is 5.93. The molecule has 20 heavy (non-hydrogen) atoms. The van der Waals surface area contributed by atoms with Gasteiger partial charge in [0, 0.05) is 19.2 Å². The van der Waals surface area contributed by atoms with Gasteiger partial charge in [0.2, 0.25) is 0 Å². The molecule has 0 amide bonds. The molecule has 2 aromatic rings. The van der Waals surface area contributed by atoms with Gasteiger partial charge in [-0.05, 0) is 11.6 Å². The highest BCUT2D eigenvalue weighted by molar-refractivity contribution is 6.32. The van der Waals surface area contributed by atoms with Gasteiger partial charge in [-0.3, -0.25) is 10.2 Å². The molecule has 0 atom stereocenters. The zero-order chi connectivity index (χ0) is 14.7. The Labute approximate surface area is 120 Å². The Bertz CT molecular complexity index is 697.